The van der Waals surface area contributed by atoms with Gasteiger partial charge in [-0.15, -0.1) is 16.9 Å². The van der Waals surface area contributed by atoms with Gasteiger partial charge in [-0.3, -0.25) is 4.98 Å². The van der Waals surface area contributed by atoms with Crippen LogP contribution in [0.2, 0.25) is 0 Å². The fourth-order valence-corrected chi connectivity index (χ4v) is 3.52. The Morgan fingerprint density at radius 1 is 0.967 bits per heavy atom. The molecule has 30 heavy (non-hydrogen) atoms. The third-order valence-electron chi connectivity index (χ3n) is 3.99. The van der Waals surface area contributed by atoms with Gasteiger partial charge in [0.05, 0.1) is 11.1 Å². The summed E-state index contributed by atoms with van der Waals surface area (Å²) in [6, 6.07) is 12.1. The zero-order chi connectivity index (χ0) is 21.0. The number of aromatic nitrogens is 4. The molecule has 1 N–H and O–H groups in total. The summed E-state index contributed by atoms with van der Waals surface area (Å²) in [7, 11) is 0. The topological polar surface area (TPSA) is 76.7 Å². The van der Waals surface area contributed by atoms with Crippen molar-refractivity contribution in [2.45, 2.75) is 17.0 Å². The van der Waals surface area contributed by atoms with Crippen molar-refractivity contribution in [2.24, 2.45) is 0 Å². The molecule has 0 atom stereocenters. The second-order valence-electron chi connectivity index (χ2n) is 6.12. The lowest BCUT2D eigenvalue weighted by atomic mass is 10.2. The van der Waals surface area contributed by atoms with E-state index in [1.807, 2.05) is 12.1 Å². The Kier molecular flexibility index (Phi) is 5.66. The third-order valence-corrected chi connectivity index (χ3v) is 5.07. The van der Waals surface area contributed by atoms with Gasteiger partial charge in [-0.25, -0.2) is 4.98 Å². The van der Waals surface area contributed by atoms with Crippen LogP contribution in [0.5, 0.6) is 0 Å². The third kappa shape index (κ3) is 4.77. The van der Waals surface area contributed by atoms with Crippen LogP contribution in [0.25, 0.3) is 11.5 Å². The lowest BCUT2D eigenvalue weighted by Crippen LogP contribution is -2.05. The summed E-state index contributed by atoms with van der Waals surface area (Å²) in [6.07, 6.45) is 0.669. The van der Waals surface area contributed by atoms with Gasteiger partial charge in [-0.05, 0) is 48.0 Å². The van der Waals surface area contributed by atoms with Gasteiger partial charge in [0.25, 0.3) is 5.89 Å². The summed E-state index contributed by atoms with van der Waals surface area (Å²) in [5.41, 5.74) is 1.15. The molecule has 0 fully saturated rings. The summed E-state index contributed by atoms with van der Waals surface area (Å²) in [5.74, 6) is 0.894. The highest BCUT2D eigenvalue weighted by Gasteiger charge is 2.30. The molecule has 3 heterocycles. The van der Waals surface area contributed by atoms with E-state index in [4.69, 9.17) is 4.42 Å². The summed E-state index contributed by atoms with van der Waals surface area (Å²) in [6.45, 7) is 0. The molecule has 6 nitrogen and oxygen atoms in total. The number of alkyl halides is 3. The highest BCUT2D eigenvalue weighted by Crippen LogP contribution is 2.33. The molecule has 0 saturated carbocycles. The van der Waals surface area contributed by atoms with Gasteiger partial charge in [0.15, 0.2) is 0 Å². The van der Waals surface area contributed by atoms with E-state index < -0.39 is 11.7 Å². The Hall–Kier alpha value is -3.40. The minimum absolute atomic E-state index is 0.0155. The fraction of sp³-hybridized carbons (Fsp3) is 0.100. The zero-order valence-electron chi connectivity index (χ0n) is 15.3. The van der Waals surface area contributed by atoms with E-state index in [0.29, 0.717) is 16.3 Å². The zero-order valence-corrected chi connectivity index (χ0v) is 16.1. The van der Waals surface area contributed by atoms with Gasteiger partial charge < -0.3 is 9.73 Å². The van der Waals surface area contributed by atoms with E-state index in [9.17, 15) is 13.2 Å². The van der Waals surface area contributed by atoms with Crippen molar-refractivity contribution in [3.05, 3.63) is 78.2 Å². The SMILES string of the molecule is FC(F)(F)c1cccc(Nc2nnc(-c3cccnc3SCc3ccncc3)o2)c1. The van der Waals surface area contributed by atoms with Crippen molar-refractivity contribution in [2.75, 3.05) is 5.32 Å². The minimum Gasteiger partial charge on any atom is -0.403 e. The number of hydrogen-bond donors (Lipinski definition) is 1. The molecule has 4 aromatic rings. The minimum atomic E-state index is -4.44. The molecular weight excluding hydrogens is 415 g/mol. The monoisotopic (exact) mass is 429 g/mol. The van der Waals surface area contributed by atoms with E-state index >= 15 is 0 Å². The molecule has 0 unspecified atom stereocenters. The van der Waals surface area contributed by atoms with E-state index in [2.05, 4.69) is 25.5 Å². The quantitative estimate of drug-likeness (QED) is 0.401. The average molecular weight is 429 g/mol. The van der Waals surface area contributed by atoms with Crippen molar-refractivity contribution in [1.29, 1.82) is 0 Å². The molecular formula is C20H14F3N5OS. The summed E-state index contributed by atoms with van der Waals surface area (Å²) >= 11 is 1.50. The van der Waals surface area contributed by atoms with Gasteiger partial charge in [0.1, 0.15) is 5.03 Å². The summed E-state index contributed by atoms with van der Waals surface area (Å²) in [4.78, 5) is 8.37. The van der Waals surface area contributed by atoms with Crippen LogP contribution < -0.4 is 5.32 Å². The van der Waals surface area contributed by atoms with Gasteiger partial charge in [-0.2, -0.15) is 13.2 Å². The maximum atomic E-state index is 12.9. The van der Waals surface area contributed by atoms with Crippen molar-refractivity contribution in [3.8, 4) is 11.5 Å². The second kappa shape index (κ2) is 8.54. The average Bonchev–Trinajstić information content (AvgIpc) is 3.21. The molecule has 0 aliphatic carbocycles. The van der Waals surface area contributed by atoms with Crippen LogP contribution in [0.15, 0.2) is 76.6 Å². The van der Waals surface area contributed by atoms with E-state index in [1.165, 1.54) is 23.9 Å². The molecule has 0 bridgehead atoms. The second-order valence-corrected chi connectivity index (χ2v) is 7.08. The highest BCUT2D eigenvalue weighted by molar-refractivity contribution is 7.98. The van der Waals surface area contributed by atoms with Gasteiger partial charge >= 0.3 is 12.2 Å². The van der Waals surface area contributed by atoms with Gasteiger partial charge in [0.2, 0.25) is 0 Å². The first-order valence-corrected chi connectivity index (χ1v) is 9.72. The highest BCUT2D eigenvalue weighted by atomic mass is 32.2. The first-order valence-electron chi connectivity index (χ1n) is 8.74. The number of thioether (sulfide) groups is 1. The van der Waals surface area contributed by atoms with E-state index in [-0.39, 0.29) is 17.6 Å². The molecule has 0 amide bonds. The molecule has 0 radical (unpaired) electrons. The predicted octanol–water partition coefficient (Wildman–Crippen LogP) is 5.58. The number of hydrogen-bond acceptors (Lipinski definition) is 7. The smallest absolute Gasteiger partial charge is 0.403 e. The number of nitrogens with zero attached hydrogens (tertiary/aromatic N) is 4. The molecule has 1 aromatic carbocycles. The molecule has 0 aliphatic heterocycles. The Balaban J connectivity index is 1.52. The summed E-state index contributed by atoms with van der Waals surface area (Å²) in [5, 5.41) is 11.3. The lowest BCUT2D eigenvalue weighted by Gasteiger charge is -2.08. The van der Waals surface area contributed by atoms with Crippen molar-refractivity contribution in [3.63, 3.8) is 0 Å². The van der Waals surface area contributed by atoms with Crippen LogP contribution in [0.1, 0.15) is 11.1 Å². The molecule has 3 aromatic heterocycles. The van der Waals surface area contributed by atoms with Crippen LogP contribution in [0.3, 0.4) is 0 Å². The van der Waals surface area contributed by atoms with Crippen LogP contribution in [-0.4, -0.2) is 20.2 Å². The molecule has 10 heteroatoms. The van der Waals surface area contributed by atoms with E-state index in [1.54, 1.807) is 30.7 Å². The largest absolute Gasteiger partial charge is 0.416 e. The van der Waals surface area contributed by atoms with Gasteiger partial charge in [-0.1, -0.05) is 11.2 Å². The Bertz CT molecular complexity index is 1130. The van der Waals surface area contributed by atoms with Crippen LogP contribution >= 0.6 is 11.8 Å². The molecule has 0 aliphatic rings. The van der Waals surface area contributed by atoms with Crippen LogP contribution in [0.4, 0.5) is 24.9 Å². The number of nitrogens with one attached hydrogen (secondary N) is 1. The molecule has 0 saturated heterocycles. The first kappa shape index (κ1) is 19.9. The Labute approximate surface area is 173 Å². The standard InChI is InChI=1S/C20H14F3N5OS/c21-20(22,23)14-3-1-4-15(11-14)26-19-28-27-17(29-19)16-5-2-8-25-18(16)30-12-13-6-9-24-10-7-13/h1-11H,12H2,(H,26,28). The Morgan fingerprint density at radius 3 is 2.60 bits per heavy atom. The normalized spacial score (nSPS) is 11.4. The number of benzene rings is 1. The van der Waals surface area contributed by atoms with Crippen LogP contribution in [-0.2, 0) is 11.9 Å². The van der Waals surface area contributed by atoms with Crippen molar-refractivity contribution < 1.29 is 17.6 Å². The number of rotatable bonds is 6. The maximum absolute atomic E-state index is 12.9. The molecule has 0 spiro atoms. The van der Waals surface area contributed by atoms with Crippen molar-refractivity contribution in [1.82, 2.24) is 20.2 Å². The Morgan fingerprint density at radius 2 is 1.80 bits per heavy atom. The van der Waals surface area contributed by atoms with Gasteiger partial charge in [0, 0.05) is 30.0 Å². The van der Waals surface area contributed by atoms with Crippen LogP contribution in [0, 0.1) is 0 Å². The number of pyridine rings is 2. The predicted molar refractivity (Wildman–Crippen MR) is 106 cm³/mol. The first-order chi connectivity index (χ1) is 14.5. The number of anilines is 2. The van der Waals surface area contributed by atoms with E-state index in [0.717, 1.165) is 17.7 Å². The lowest BCUT2D eigenvalue weighted by molar-refractivity contribution is -0.137. The molecule has 4 rings (SSSR count). The summed E-state index contributed by atoms with van der Waals surface area (Å²) < 4.78 is 44.3. The fourth-order valence-electron chi connectivity index (χ4n) is 2.58. The molecule has 152 valence electrons. The van der Waals surface area contributed by atoms with Crippen molar-refractivity contribution >= 4 is 23.5 Å². The maximum Gasteiger partial charge on any atom is 0.416 e. The number of halogens is 3.